The third-order valence-electron chi connectivity index (χ3n) is 4.69. The number of aromatic nitrogens is 2. The summed E-state index contributed by atoms with van der Waals surface area (Å²) < 4.78 is 1.81. The zero-order chi connectivity index (χ0) is 21.0. The van der Waals surface area contributed by atoms with E-state index in [1.54, 1.807) is 4.90 Å². The van der Waals surface area contributed by atoms with Crippen molar-refractivity contribution < 1.29 is 9.59 Å². The Kier molecular flexibility index (Phi) is 7.24. The second-order valence-corrected chi connectivity index (χ2v) is 7.71. The monoisotopic (exact) mass is 404 g/mol. The Bertz CT molecular complexity index is 874. The highest BCUT2D eigenvalue weighted by molar-refractivity contribution is 6.31. The molecule has 1 aromatic heterocycles. The number of amides is 2. The third-order valence-corrected chi connectivity index (χ3v) is 5.09. The number of carbonyl (C=O) groups is 2. The first-order chi connectivity index (χ1) is 13.1. The van der Waals surface area contributed by atoms with Gasteiger partial charge in [-0.2, -0.15) is 5.10 Å². The number of carbonyl (C=O) groups excluding carboxylic acids is 2. The normalized spacial score (nSPS) is 11.0. The minimum absolute atomic E-state index is 0.0466. The summed E-state index contributed by atoms with van der Waals surface area (Å²) in [5, 5.41) is 8.10. The molecule has 0 fully saturated rings. The van der Waals surface area contributed by atoms with Gasteiger partial charge in [0.25, 0.3) is 0 Å². The third kappa shape index (κ3) is 5.13. The van der Waals surface area contributed by atoms with Crippen LogP contribution in [0.25, 0.3) is 5.69 Å². The molecule has 0 unspecified atom stereocenters. The van der Waals surface area contributed by atoms with Crippen LogP contribution in [0.5, 0.6) is 0 Å². The Morgan fingerprint density at radius 1 is 1.25 bits per heavy atom. The zero-order valence-corrected chi connectivity index (χ0v) is 18.2. The van der Waals surface area contributed by atoms with Gasteiger partial charge in [-0.15, -0.1) is 0 Å². The predicted octanol–water partition coefficient (Wildman–Crippen LogP) is 3.37. The highest BCUT2D eigenvalue weighted by Gasteiger charge is 2.21. The lowest BCUT2D eigenvalue weighted by molar-refractivity contribution is -0.135. The summed E-state index contributed by atoms with van der Waals surface area (Å²) in [6, 6.07) is 5.83. The van der Waals surface area contributed by atoms with Crippen LogP contribution in [0.3, 0.4) is 0 Å². The van der Waals surface area contributed by atoms with E-state index in [0.717, 1.165) is 28.2 Å². The van der Waals surface area contributed by atoms with Crippen molar-refractivity contribution in [2.75, 3.05) is 13.1 Å². The minimum atomic E-state index is -0.149. The molecule has 0 bridgehead atoms. The molecule has 0 spiro atoms. The summed E-state index contributed by atoms with van der Waals surface area (Å²) in [4.78, 5) is 26.4. The lowest BCUT2D eigenvalue weighted by atomic mass is 10.1. The summed E-state index contributed by atoms with van der Waals surface area (Å²) in [5.74, 6) is -0.238. The smallest absolute Gasteiger partial charge is 0.239 e. The van der Waals surface area contributed by atoms with Crippen molar-refractivity contribution in [3.8, 4) is 5.69 Å². The van der Waals surface area contributed by atoms with Crippen LogP contribution in [0.2, 0.25) is 5.02 Å². The maximum absolute atomic E-state index is 12.8. The minimum Gasteiger partial charge on any atom is -0.352 e. The summed E-state index contributed by atoms with van der Waals surface area (Å²) in [7, 11) is 0. The van der Waals surface area contributed by atoms with Gasteiger partial charge >= 0.3 is 0 Å². The van der Waals surface area contributed by atoms with E-state index in [-0.39, 0.29) is 30.8 Å². The predicted molar refractivity (Wildman–Crippen MR) is 112 cm³/mol. The Morgan fingerprint density at radius 3 is 2.50 bits per heavy atom. The fourth-order valence-electron chi connectivity index (χ4n) is 3.08. The summed E-state index contributed by atoms with van der Waals surface area (Å²) >= 11 is 6.25. The molecule has 2 aromatic rings. The van der Waals surface area contributed by atoms with E-state index in [1.165, 1.54) is 0 Å². The van der Waals surface area contributed by atoms with Crippen LogP contribution in [0.1, 0.15) is 43.3 Å². The Balaban J connectivity index is 2.21. The number of likely N-dealkylation sites (N-methyl/N-ethyl adjacent to an activating group) is 1. The molecule has 1 N–H and O–H groups in total. The molecule has 2 amide bonds. The van der Waals surface area contributed by atoms with Gasteiger partial charge in [-0.1, -0.05) is 17.7 Å². The van der Waals surface area contributed by atoms with Gasteiger partial charge in [0, 0.05) is 28.9 Å². The second kappa shape index (κ2) is 9.24. The molecule has 1 aromatic carbocycles. The van der Waals surface area contributed by atoms with Gasteiger partial charge in [0.2, 0.25) is 11.8 Å². The summed E-state index contributed by atoms with van der Waals surface area (Å²) in [5.41, 5.74) is 4.43. The molecule has 28 heavy (non-hydrogen) atoms. The first-order valence-corrected chi connectivity index (χ1v) is 9.90. The highest BCUT2D eigenvalue weighted by atomic mass is 35.5. The van der Waals surface area contributed by atoms with Crippen LogP contribution in [-0.2, 0) is 16.0 Å². The topological polar surface area (TPSA) is 67.2 Å². The number of rotatable bonds is 7. The van der Waals surface area contributed by atoms with Crippen LogP contribution in [0.15, 0.2) is 18.2 Å². The van der Waals surface area contributed by atoms with Crippen LogP contribution in [-0.4, -0.2) is 45.6 Å². The molecular weight excluding hydrogens is 376 g/mol. The summed E-state index contributed by atoms with van der Waals surface area (Å²) in [6.07, 6.45) is 0.208. The van der Waals surface area contributed by atoms with Crippen LogP contribution < -0.4 is 5.32 Å². The Hall–Kier alpha value is -2.34. The molecule has 0 aliphatic carbocycles. The average Bonchev–Trinajstić information content (AvgIpc) is 2.89. The summed E-state index contributed by atoms with van der Waals surface area (Å²) in [6.45, 7) is 12.0. The van der Waals surface area contributed by atoms with E-state index in [9.17, 15) is 9.59 Å². The molecule has 0 radical (unpaired) electrons. The van der Waals surface area contributed by atoms with Gasteiger partial charge in [0.1, 0.15) is 0 Å². The Morgan fingerprint density at radius 2 is 1.93 bits per heavy atom. The van der Waals surface area contributed by atoms with E-state index < -0.39 is 0 Å². The molecule has 0 atom stereocenters. The van der Waals surface area contributed by atoms with Crippen LogP contribution >= 0.6 is 11.6 Å². The van der Waals surface area contributed by atoms with E-state index in [2.05, 4.69) is 10.4 Å². The Labute approximate surface area is 171 Å². The standard InChI is InChI=1S/C21H29ClN4O2/c1-7-25(12-20(27)23-13(2)3)21(28)11-18-15(5)24-26(16(18)6)17-9-8-14(4)19(22)10-17/h8-10,13H,7,11-12H2,1-6H3,(H,23,27). The number of hydrogen-bond donors (Lipinski definition) is 1. The first kappa shape index (κ1) is 22.0. The molecule has 1 heterocycles. The zero-order valence-electron chi connectivity index (χ0n) is 17.5. The molecule has 0 saturated carbocycles. The molecule has 0 saturated heterocycles. The van der Waals surface area contributed by atoms with Crippen LogP contribution in [0.4, 0.5) is 0 Å². The lowest BCUT2D eigenvalue weighted by Gasteiger charge is -2.21. The molecular formula is C21H29ClN4O2. The maximum atomic E-state index is 12.8. The van der Waals surface area contributed by atoms with Crippen molar-refractivity contribution in [1.82, 2.24) is 20.0 Å². The van der Waals surface area contributed by atoms with Gasteiger partial charge in [0.05, 0.1) is 24.3 Å². The fourth-order valence-corrected chi connectivity index (χ4v) is 3.25. The maximum Gasteiger partial charge on any atom is 0.239 e. The molecule has 0 aliphatic heterocycles. The quantitative estimate of drug-likeness (QED) is 0.769. The van der Waals surface area contributed by atoms with Gasteiger partial charge in [-0.05, 0) is 59.2 Å². The molecule has 6 nitrogen and oxygen atoms in total. The van der Waals surface area contributed by atoms with Crippen molar-refractivity contribution in [1.29, 1.82) is 0 Å². The number of aryl methyl sites for hydroxylation is 2. The van der Waals surface area contributed by atoms with Crippen molar-refractivity contribution in [2.24, 2.45) is 0 Å². The SMILES string of the molecule is CCN(CC(=O)NC(C)C)C(=O)Cc1c(C)nn(-c2ccc(C)c(Cl)c2)c1C. The highest BCUT2D eigenvalue weighted by Crippen LogP contribution is 2.23. The number of halogens is 1. The van der Waals surface area contributed by atoms with Crippen molar-refractivity contribution in [3.05, 3.63) is 45.7 Å². The van der Waals surface area contributed by atoms with Crippen LogP contribution in [0, 0.1) is 20.8 Å². The average molecular weight is 405 g/mol. The van der Waals surface area contributed by atoms with Crippen molar-refractivity contribution in [2.45, 2.75) is 54.0 Å². The number of nitrogens with one attached hydrogen (secondary N) is 1. The largest absolute Gasteiger partial charge is 0.352 e. The number of hydrogen-bond acceptors (Lipinski definition) is 3. The fraction of sp³-hybridized carbons (Fsp3) is 0.476. The van der Waals surface area contributed by atoms with E-state index in [1.807, 2.05) is 64.4 Å². The van der Waals surface area contributed by atoms with Gasteiger partial charge < -0.3 is 10.2 Å². The van der Waals surface area contributed by atoms with Crippen molar-refractivity contribution in [3.63, 3.8) is 0 Å². The molecule has 2 rings (SSSR count). The van der Waals surface area contributed by atoms with Crippen molar-refractivity contribution >= 4 is 23.4 Å². The number of benzene rings is 1. The lowest BCUT2D eigenvalue weighted by Crippen LogP contribution is -2.43. The second-order valence-electron chi connectivity index (χ2n) is 7.30. The first-order valence-electron chi connectivity index (χ1n) is 9.52. The number of nitrogens with zero attached hydrogens (tertiary/aromatic N) is 3. The molecule has 0 aliphatic rings. The van der Waals surface area contributed by atoms with E-state index >= 15 is 0 Å². The van der Waals surface area contributed by atoms with Gasteiger partial charge in [-0.3, -0.25) is 9.59 Å². The molecule has 152 valence electrons. The van der Waals surface area contributed by atoms with E-state index in [0.29, 0.717) is 11.6 Å². The van der Waals surface area contributed by atoms with Gasteiger partial charge in [0.15, 0.2) is 0 Å². The molecule has 7 heteroatoms. The van der Waals surface area contributed by atoms with Gasteiger partial charge in [-0.25, -0.2) is 4.68 Å². The van der Waals surface area contributed by atoms with E-state index in [4.69, 9.17) is 11.6 Å².